The third-order valence-electron chi connectivity index (χ3n) is 2.95. The number of nitrogens with two attached hydrogens (primary N) is 1. The Balaban J connectivity index is 2.24. The van der Waals surface area contributed by atoms with Crippen molar-refractivity contribution in [2.45, 2.75) is 25.8 Å². The molecule has 0 bridgehead atoms. The van der Waals surface area contributed by atoms with E-state index in [0.29, 0.717) is 0 Å². The van der Waals surface area contributed by atoms with Crippen LogP contribution >= 0.6 is 15.9 Å². The van der Waals surface area contributed by atoms with Gasteiger partial charge >= 0.3 is 0 Å². The maximum Gasteiger partial charge on any atom is 0.0377 e. The molecule has 0 aromatic heterocycles. The normalized spacial score (nSPS) is 18.2. The van der Waals surface area contributed by atoms with Crippen molar-refractivity contribution >= 4 is 21.6 Å². The lowest BCUT2D eigenvalue weighted by atomic mass is 10.1. The summed E-state index contributed by atoms with van der Waals surface area (Å²) in [4.78, 5) is 2.43. The minimum Gasteiger partial charge on any atom is -0.372 e. The van der Waals surface area contributed by atoms with Crippen molar-refractivity contribution in [1.29, 1.82) is 0 Å². The molecule has 1 aliphatic rings. The van der Waals surface area contributed by atoms with Crippen molar-refractivity contribution in [2.75, 3.05) is 18.0 Å². The summed E-state index contributed by atoms with van der Waals surface area (Å²) in [5, 5.41) is 0. The Bertz CT molecular complexity index is 343. The van der Waals surface area contributed by atoms with Gasteiger partial charge in [-0.3, -0.25) is 0 Å². The molecule has 1 aromatic carbocycles. The molecule has 1 fully saturated rings. The third-order valence-corrected chi connectivity index (χ3v) is 3.63. The lowest BCUT2D eigenvalue weighted by Crippen LogP contribution is -2.17. The van der Waals surface area contributed by atoms with E-state index >= 15 is 0 Å². The molecule has 82 valence electrons. The average Bonchev–Trinajstić information content (AvgIpc) is 2.69. The van der Waals surface area contributed by atoms with Gasteiger partial charge in [-0.1, -0.05) is 22.0 Å². The number of hydrogen-bond acceptors (Lipinski definition) is 2. The maximum absolute atomic E-state index is 5.87. The number of rotatable bonds is 2. The Morgan fingerprint density at radius 2 is 2.00 bits per heavy atom. The van der Waals surface area contributed by atoms with E-state index in [9.17, 15) is 0 Å². The maximum atomic E-state index is 5.87. The minimum absolute atomic E-state index is 0.0898. The molecule has 0 aliphatic carbocycles. The third kappa shape index (κ3) is 2.34. The van der Waals surface area contributed by atoms with E-state index in [1.807, 2.05) is 6.92 Å². The largest absolute Gasteiger partial charge is 0.372 e. The summed E-state index contributed by atoms with van der Waals surface area (Å²) < 4.78 is 1.13. The molecule has 2 N–H and O–H groups in total. The molecule has 0 amide bonds. The zero-order chi connectivity index (χ0) is 10.8. The topological polar surface area (TPSA) is 29.3 Å². The van der Waals surface area contributed by atoms with Gasteiger partial charge in [0.25, 0.3) is 0 Å². The summed E-state index contributed by atoms with van der Waals surface area (Å²) in [6.07, 6.45) is 2.62. The van der Waals surface area contributed by atoms with Gasteiger partial charge in [-0.05, 0) is 37.5 Å². The van der Waals surface area contributed by atoms with E-state index in [0.717, 1.165) is 4.47 Å². The lowest BCUT2D eigenvalue weighted by Gasteiger charge is -2.19. The van der Waals surface area contributed by atoms with Crippen molar-refractivity contribution in [2.24, 2.45) is 5.73 Å². The molecular formula is C12H17BrN2. The van der Waals surface area contributed by atoms with E-state index < -0.39 is 0 Å². The second-order valence-electron chi connectivity index (χ2n) is 4.19. The number of anilines is 1. The Morgan fingerprint density at radius 1 is 1.33 bits per heavy atom. The monoisotopic (exact) mass is 268 g/mol. The Morgan fingerprint density at radius 3 is 2.53 bits per heavy atom. The van der Waals surface area contributed by atoms with Crippen LogP contribution in [-0.4, -0.2) is 13.1 Å². The Kier molecular flexibility index (Phi) is 3.32. The highest BCUT2D eigenvalue weighted by Gasteiger charge is 2.14. The quantitative estimate of drug-likeness (QED) is 0.894. The van der Waals surface area contributed by atoms with Gasteiger partial charge in [-0.25, -0.2) is 0 Å². The van der Waals surface area contributed by atoms with Crippen LogP contribution in [0.15, 0.2) is 22.7 Å². The fraction of sp³-hybridized carbons (Fsp3) is 0.500. The first-order valence-electron chi connectivity index (χ1n) is 5.48. The zero-order valence-corrected chi connectivity index (χ0v) is 10.6. The second kappa shape index (κ2) is 4.54. The molecule has 0 spiro atoms. The summed E-state index contributed by atoms with van der Waals surface area (Å²) in [5.41, 5.74) is 8.36. The van der Waals surface area contributed by atoms with Crippen LogP contribution in [0.1, 0.15) is 31.4 Å². The number of halogens is 1. The zero-order valence-electron chi connectivity index (χ0n) is 9.04. The molecule has 15 heavy (non-hydrogen) atoms. The lowest BCUT2D eigenvalue weighted by molar-refractivity contribution is 0.812. The second-order valence-corrected chi connectivity index (χ2v) is 5.04. The SMILES string of the molecule is C[C@H](N)c1ccc(N2CCCC2)cc1Br. The molecule has 2 rings (SSSR count). The van der Waals surface area contributed by atoms with E-state index in [-0.39, 0.29) is 6.04 Å². The molecule has 1 heterocycles. The minimum atomic E-state index is 0.0898. The summed E-state index contributed by atoms with van der Waals surface area (Å²) >= 11 is 3.59. The summed E-state index contributed by atoms with van der Waals surface area (Å²) in [5.74, 6) is 0. The Labute approximate surface area is 99.6 Å². The highest BCUT2D eigenvalue weighted by atomic mass is 79.9. The molecule has 2 nitrogen and oxygen atoms in total. The van der Waals surface area contributed by atoms with E-state index in [2.05, 4.69) is 39.0 Å². The molecule has 0 unspecified atom stereocenters. The van der Waals surface area contributed by atoms with Gasteiger partial charge in [0.05, 0.1) is 0 Å². The highest BCUT2D eigenvalue weighted by molar-refractivity contribution is 9.10. The van der Waals surface area contributed by atoms with E-state index in [1.54, 1.807) is 0 Å². The van der Waals surface area contributed by atoms with E-state index in [1.165, 1.54) is 37.2 Å². The standard InChI is InChI=1S/C12H17BrN2/c1-9(14)11-5-4-10(8-12(11)13)15-6-2-3-7-15/h4-5,8-9H,2-3,6-7,14H2,1H3/t9-/m0/s1. The summed E-state index contributed by atoms with van der Waals surface area (Å²) in [6.45, 7) is 4.38. The fourth-order valence-electron chi connectivity index (χ4n) is 2.06. The predicted molar refractivity (Wildman–Crippen MR) is 68.2 cm³/mol. The fourth-order valence-corrected chi connectivity index (χ4v) is 2.79. The van der Waals surface area contributed by atoms with Gasteiger partial charge in [0.1, 0.15) is 0 Å². The highest BCUT2D eigenvalue weighted by Crippen LogP contribution is 2.28. The summed E-state index contributed by atoms with van der Waals surface area (Å²) in [6, 6.07) is 6.58. The van der Waals surface area contributed by atoms with Gasteiger partial charge < -0.3 is 10.6 Å². The van der Waals surface area contributed by atoms with Crippen LogP contribution in [0.25, 0.3) is 0 Å². The summed E-state index contributed by atoms with van der Waals surface area (Å²) in [7, 11) is 0. The van der Waals surface area contributed by atoms with Gasteiger partial charge in [0, 0.05) is 29.3 Å². The van der Waals surface area contributed by atoms with Gasteiger partial charge in [-0.2, -0.15) is 0 Å². The van der Waals surface area contributed by atoms with Crippen LogP contribution in [0, 0.1) is 0 Å². The van der Waals surface area contributed by atoms with Gasteiger partial charge in [0.15, 0.2) is 0 Å². The predicted octanol–water partition coefficient (Wildman–Crippen LogP) is 3.07. The number of nitrogens with zero attached hydrogens (tertiary/aromatic N) is 1. The first-order valence-corrected chi connectivity index (χ1v) is 6.28. The van der Waals surface area contributed by atoms with Crippen LogP contribution in [0.4, 0.5) is 5.69 Å². The number of benzene rings is 1. The van der Waals surface area contributed by atoms with Crippen molar-refractivity contribution in [3.63, 3.8) is 0 Å². The molecular weight excluding hydrogens is 252 g/mol. The Hall–Kier alpha value is -0.540. The van der Waals surface area contributed by atoms with Gasteiger partial charge in [0.2, 0.25) is 0 Å². The van der Waals surface area contributed by atoms with Crippen molar-refractivity contribution in [3.05, 3.63) is 28.2 Å². The molecule has 0 saturated carbocycles. The first-order chi connectivity index (χ1) is 7.18. The van der Waals surface area contributed by atoms with Crippen LogP contribution in [0.5, 0.6) is 0 Å². The van der Waals surface area contributed by atoms with Crippen LogP contribution in [-0.2, 0) is 0 Å². The van der Waals surface area contributed by atoms with Crippen molar-refractivity contribution in [3.8, 4) is 0 Å². The molecule has 1 atom stereocenters. The van der Waals surface area contributed by atoms with Crippen LogP contribution in [0.3, 0.4) is 0 Å². The van der Waals surface area contributed by atoms with Crippen molar-refractivity contribution in [1.82, 2.24) is 0 Å². The molecule has 1 aromatic rings. The molecule has 1 saturated heterocycles. The smallest absolute Gasteiger partial charge is 0.0377 e. The van der Waals surface area contributed by atoms with Gasteiger partial charge in [-0.15, -0.1) is 0 Å². The molecule has 0 radical (unpaired) electrons. The van der Waals surface area contributed by atoms with Crippen LogP contribution in [0.2, 0.25) is 0 Å². The first kappa shape index (κ1) is 11.0. The average molecular weight is 269 g/mol. The van der Waals surface area contributed by atoms with Crippen LogP contribution < -0.4 is 10.6 Å². The molecule has 1 aliphatic heterocycles. The van der Waals surface area contributed by atoms with E-state index in [4.69, 9.17) is 5.73 Å². The van der Waals surface area contributed by atoms with Crippen molar-refractivity contribution < 1.29 is 0 Å². The number of hydrogen-bond donors (Lipinski definition) is 1. The molecule has 3 heteroatoms.